The third-order valence-corrected chi connectivity index (χ3v) is 23.4. The van der Waals surface area contributed by atoms with E-state index in [9.17, 15) is 0 Å². The molecule has 0 aliphatic carbocycles. The van der Waals surface area contributed by atoms with Gasteiger partial charge in [0.15, 0.2) is 8.07 Å². The van der Waals surface area contributed by atoms with E-state index in [1.54, 1.807) is 0 Å². The Kier molecular flexibility index (Phi) is 9.60. The molecule has 4 heteroatoms. The van der Waals surface area contributed by atoms with Gasteiger partial charge in [-0.25, -0.2) is 0 Å². The lowest BCUT2D eigenvalue weighted by molar-refractivity contribution is 1.22. The maximum Gasteiger partial charge on any atom is 0.183 e. The van der Waals surface area contributed by atoms with E-state index in [0.29, 0.717) is 0 Å². The minimum absolute atomic E-state index is 1.12. The zero-order valence-electron chi connectivity index (χ0n) is 35.1. The third-order valence-electron chi connectivity index (χ3n) is 13.1. The molecule has 0 radical (unpaired) electrons. The predicted octanol–water partition coefficient (Wildman–Crippen LogP) is 14.0. The third kappa shape index (κ3) is 6.01. The van der Waals surface area contributed by atoms with Gasteiger partial charge in [0.1, 0.15) is 0 Å². The van der Waals surface area contributed by atoms with E-state index in [1.165, 1.54) is 72.4 Å². The van der Waals surface area contributed by atoms with Crippen molar-refractivity contribution in [3.05, 3.63) is 261 Å². The molecule has 12 rings (SSSR count). The molecule has 0 amide bonds. The lowest BCUT2D eigenvalue weighted by Gasteiger charge is -2.42. The van der Waals surface area contributed by atoms with Crippen LogP contribution >= 0.6 is 21.8 Å². The summed E-state index contributed by atoms with van der Waals surface area (Å²) < 4.78 is 0. The summed E-state index contributed by atoms with van der Waals surface area (Å²) in [7, 11) is -4.57. The van der Waals surface area contributed by atoms with Crippen LogP contribution in [-0.4, -0.2) is 8.07 Å². The molecule has 0 saturated carbocycles. The van der Waals surface area contributed by atoms with E-state index >= 15 is 0 Å². The van der Waals surface area contributed by atoms with Gasteiger partial charge in [-0.05, 0) is 140 Å². The zero-order chi connectivity index (χ0) is 42.5. The lowest BCUT2D eigenvalue weighted by Crippen LogP contribution is -2.74. The number of anilines is 3. The van der Waals surface area contributed by atoms with E-state index in [1.807, 2.05) is 11.8 Å². The number of hydrogen-bond donors (Lipinski definition) is 0. The fourth-order valence-corrected chi connectivity index (χ4v) is 21.6. The molecule has 0 aromatic heterocycles. The molecule has 10 aromatic carbocycles. The van der Waals surface area contributed by atoms with Crippen LogP contribution in [0.15, 0.2) is 290 Å². The topological polar surface area (TPSA) is 3.24 Å². The molecule has 2 aliphatic rings. The van der Waals surface area contributed by atoms with Crippen LogP contribution in [0.25, 0.3) is 22.3 Å². The van der Waals surface area contributed by atoms with Crippen LogP contribution in [0.1, 0.15) is 0 Å². The number of nitrogens with zero attached hydrogens (tertiary/aromatic N) is 1. The van der Waals surface area contributed by atoms with Gasteiger partial charge in [-0.15, -0.1) is 10.0 Å². The SMILES string of the molecule is c1ccc(-c2ccc(N(c3ccc(S(c4ccccc4)(c4ccccc4)c4ccccc4)cc3)c3ccc4c(c3)[Si]3(c5ccccc5S4)c4ccccc4-c4ccccc43)cc2)cc1. The van der Waals surface area contributed by atoms with Gasteiger partial charge < -0.3 is 4.90 Å². The molecule has 304 valence electrons. The van der Waals surface area contributed by atoms with Crippen LogP contribution < -0.4 is 25.6 Å². The molecule has 64 heavy (non-hydrogen) atoms. The summed E-state index contributed by atoms with van der Waals surface area (Å²) in [4.78, 5) is 10.4. The second-order valence-corrected chi connectivity index (χ2v) is 24.3. The summed E-state index contributed by atoms with van der Waals surface area (Å²) in [5, 5.41) is 5.89. The zero-order valence-corrected chi connectivity index (χ0v) is 37.7. The highest BCUT2D eigenvalue weighted by atomic mass is 32.3. The standard InChI is InChI=1S/C60H43NS2Si/c1-5-19-44(20-6-1)45-33-35-46(36-34-45)61(47-37-40-52(41-38-47)63(49-21-7-2-8-22-49,50-23-9-3-10-24-50)51-25-11-4-12-26-51)48-39-42-56-60(43-48)64(59-32-18-15-29-55(59)62-56)57-30-16-13-27-53(57)54-28-14-17-31-58(54)64/h1-43H. The molecular weight excluding hydrogens is 827 g/mol. The molecule has 0 unspecified atom stereocenters. The Labute approximate surface area is 382 Å². The van der Waals surface area contributed by atoms with Crippen molar-refractivity contribution in [1.82, 2.24) is 0 Å². The van der Waals surface area contributed by atoms with Crippen molar-refractivity contribution >= 4 is 67.7 Å². The monoisotopic (exact) mass is 869 g/mol. The maximum atomic E-state index is 2.55. The van der Waals surface area contributed by atoms with Crippen molar-refractivity contribution in [3.63, 3.8) is 0 Å². The van der Waals surface area contributed by atoms with E-state index < -0.39 is 18.1 Å². The Morgan fingerprint density at radius 3 is 1.23 bits per heavy atom. The van der Waals surface area contributed by atoms with E-state index in [0.717, 1.165) is 17.1 Å². The van der Waals surface area contributed by atoms with Gasteiger partial charge in [0.05, 0.1) is 0 Å². The van der Waals surface area contributed by atoms with E-state index in [2.05, 4.69) is 266 Å². The molecule has 1 spiro atoms. The molecule has 0 N–H and O–H groups in total. The molecule has 0 atom stereocenters. The van der Waals surface area contributed by atoms with E-state index in [-0.39, 0.29) is 0 Å². The van der Waals surface area contributed by atoms with Gasteiger partial charge in [0, 0.05) is 46.4 Å². The second kappa shape index (κ2) is 15.9. The summed E-state index contributed by atoms with van der Waals surface area (Å²) in [6, 6.07) is 97.6. The number of hydrogen-bond acceptors (Lipinski definition) is 2. The van der Waals surface area contributed by atoms with Crippen molar-refractivity contribution in [3.8, 4) is 22.3 Å². The molecule has 0 bridgehead atoms. The van der Waals surface area contributed by atoms with Gasteiger partial charge in [-0.2, -0.15) is 0 Å². The van der Waals surface area contributed by atoms with Crippen LogP contribution in [0.2, 0.25) is 0 Å². The van der Waals surface area contributed by atoms with Gasteiger partial charge in [-0.3, -0.25) is 0 Å². The van der Waals surface area contributed by atoms with Gasteiger partial charge in [0.25, 0.3) is 0 Å². The first kappa shape index (κ1) is 38.6. The molecule has 0 fully saturated rings. The predicted molar refractivity (Wildman–Crippen MR) is 273 cm³/mol. The highest BCUT2D eigenvalue weighted by Gasteiger charge is 2.52. The average Bonchev–Trinajstić information content (AvgIpc) is 3.67. The highest BCUT2D eigenvalue weighted by molar-refractivity contribution is 8.34. The van der Waals surface area contributed by atoms with Crippen molar-refractivity contribution in [2.75, 3.05) is 4.90 Å². The smallest absolute Gasteiger partial charge is 0.183 e. The summed E-state index contributed by atoms with van der Waals surface area (Å²) in [5.41, 5.74) is 8.53. The molecule has 0 saturated heterocycles. The second-order valence-electron chi connectivity index (χ2n) is 16.4. The Bertz CT molecular complexity index is 3140. The summed E-state index contributed by atoms with van der Waals surface area (Å²) in [5.74, 6) is 0. The van der Waals surface area contributed by atoms with Crippen molar-refractivity contribution in [1.29, 1.82) is 0 Å². The van der Waals surface area contributed by atoms with Gasteiger partial charge in [-0.1, -0.05) is 176 Å². The Hall–Kier alpha value is -7.08. The van der Waals surface area contributed by atoms with Crippen LogP contribution in [-0.2, 0) is 0 Å². The largest absolute Gasteiger partial charge is 0.311 e. The Balaban J connectivity index is 1.08. The molecule has 2 heterocycles. The Morgan fingerprint density at radius 2 is 0.688 bits per heavy atom. The first-order chi connectivity index (χ1) is 31.7. The fraction of sp³-hybridized carbons (Fsp3) is 0. The van der Waals surface area contributed by atoms with Crippen LogP contribution in [0.5, 0.6) is 0 Å². The van der Waals surface area contributed by atoms with Crippen LogP contribution in [0, 0.1) is 0 Å². The van der Waals surface area contributed by atoms with Crippen LogP contribution in [0.4, 0.5) is 17.1 Å². The van der Waals surface area contributed by atoms with E-state index in [4.69, 9.17) is 0 Å². The maximum absolute atomic E-state index is 2.72. The molecule has 10 aromatic rings. The van der Waals surface area contributed by atoms with Crippen molar-refractivity contribution in [2.24, 2.45) is 0 Å². The number of fused-ring (bicyclic) bond motifs is 9. The molecule has 1 nitrogen and oxygen atoms in total. The molecular formula is C60H43NS2Si. The fourth-order valence-electron chi connectivity index (χ4n) is 10.4. The first-order valence-corrected chi connectivity index (χ1v) is 26.4. The van der Waals surface area contributed by atoms with Crippen molar-refractivity contribution < 1.29 is 0 Å². The minimum atomic E-state index is -2.72. The summed E-state index contributed by atoms with van der Waals surface area (Å²) in [6.07, 6.45) is 0. The number of rotatable bonds is 8. The summed E-state index contributed by atoms with van der Waals surface area (Å²) in [6.45, 7) is 0. The van der Waals surface area contributed by atoms with Gasteiger partial charge in [0.2, 0.25) is 0 Å². The molecule has 2 aliphatic heterocycles. The summed E-state index contributed by atoms with van der Waals surface area (Å²) >= 11 is 1.92. The number of benzene rings is 10. The van der Waals surface area contributed by atoms with Crippen LogP contribution in [0.3, 0.4) is 0 Å². The average molecular weight is 870 g/mol. The lowest BCUT2D eigenvalue weighted by atomic mass is 10.0. The first-order valence-electron chi connectivity index (χ1n) is 21.9. The minimum Gasteiger partial charge on any atom is -0.311 e. The highest BCUT2D eigenvalue weighted by Crippen LogP contribution is 2.73. The van der Waals surface area contributed by atoms with Gasteiger partial charge >= 0.3 is 0 Å². The quantitative estimate of drug-likeness (QED) is 0.140. The van der Waals surface area contributed by atoms with Crippen molar-refractivity contribution in [2.45, 2.75) is 29.4 Å². The Morgan fingerprint density at radius 1 is 0.297 bits per heavy atom. The normalized spacial score (nSPS) is 13.3.